The molecule has 1 spiro atoms. The molecule has 7 nitrogen and oxygen atoms in total. The van der Waals surface area contributed by atoms with E-state index in [2.05, 4.69) is 10.2 Å². The van der Waals surface area contributed by atoms with Gasteiger partial charge in [-0.15, -0.1) is 0 Å². The Labute approximate surface area is 135 Å². The maximum Gasteiger partial charge on any atom is 0.227 e. The van der Waals surface area contributed by atoms with Crippen molar-refractivity contribution in [3.05, 3.63) is 17.0 Å². The Morgan fingerprint density at radius 3 is 3.00 bits per heavy atom. The highest BCUT2D eigenvalue weighted by molar-refractivity contribution is 5.84. The first kappa shape index (κ1) is 14.7. The second-order valence-electron chi connectivity index (χ2n) is 6.72. The molecule has 7 heteroatoms. The summed E-state index contributed by atoms with van der Waals surface area (Å²) in [6, 6.07) is -0.119. The zero-order valence-electron chi connectivity index (χ0n) is 13.6. The fourth-order valence-corrected chi connectivity index (χ4v) is 4.24. The summed E-state index contributed by atoms with van der Waals surface area (Å²) in [4.78, 5) is 28.5. The molecule has 0 aromatic carbocycles. The quantitative estimate of drug-likeness (QED) is 0.881. The predicted octanol–water partition coefficient (Wildman–Crippen LogP) is 0.519. The van der Waals surface area contributed by atoms with Crippen molar-refractivity contribution in [2.75, 3.05) is 19.7 Å². The molecule has 1 N–H and O–H groups in total. The average Bonchev–Trinajstić information content (AvgIpc) is 3.23. The molecule has 1 aromatic heterocycles. The van der Waals surface area contributed by atoms with Gasteiger partial charge in [0.15, 0.2) is 5.72 Å². The van der Waals surface area contributed by atoms with Crippen LogP contribution in [0.25, 0.3) is 0 Å². The van der Waals surface area contributed by atoms with Crippen molar-refractivity contribution in [3.63, 3.8) is 0 Å². The van der Waals surface area contributed by atoms with Gasteiger partial charge in [0.1, 0.15) is 0 Å². The monoisotopic (exact) mass is 318 g/mol. The summed E-state index contributed by atoms with van der Waals surface area (Å²) < 4.78 is 5.92. The number of H-pyrrole nitrogens is 1. The van der Waals surface area contributed by atoms with Gasteiger partial charge in [0.05, 0.1) is 24.8 Å². The van der Waals surface area contributed by atoms with E-state index in [1.54, 1.807) is 0 Å². The van der Waals surface area contributed by atoms with E-state index in [9.17, 15) is 9.59 Å². The summed E-state index contributed by atoms with van der Waals surface area (Å²) in [6.45, 7) is 5.91. The Morgan fingerprint density at radius 2 is 2.26 bits per heavy atom. The van der Waals surface area contributed by atoms with Gasteiger partial charge in [-0.05, 0) is 19.4 Å². The number of ether oxygens (including phenoxy) is 1. The number of amides is 2. The Morgan fingerprint density at radius 1 is 1.43 bits per heavy atom. The smallest absolute Gasteiger partial charge is 0.227 e. The maximum absolute atomic E-state index is 12.7. The summed E-state index contributed by atoms with van der Waals surface area (Å²) >= 11 is 0. The van der Waals surface area contributed by atoms with Crippen molar-refractivity contribution >= 4 is 11.8 Å². The fourth-order valence-electron chi connectivity index (χ4n) is 4.24. The summed E-state index contributed by atoms with van der Waals surface area (Å²) in [7, 11) is 0. The Balaban J connectivity index is 1.46. The number of nitrogens with one attached hydrogen (secondary N) is 1. The number of likely N-dealkylation sites (tertiary alicyclic amines) is 1. The molecule has 0 saturated carbocycles. The highest BCUT2D eigenvalue weighted by atomic mass is 16.5. The number of aromatic nitrogens is 2. The topological polar surface area (TPSA) is 78.5 Å². The van der Waals surface area contributed by atoms with Gasteiger partial charge in [-0.25, -0.2) is 0 Å². The molecule has 2 atom stereocenters. The number of carbonyl (C=O) groups is 2. The molecule has 0 unspecified atom stereocenters. The van der Waals surface area contributed by atoms with Crippen LogP contribution in [0.1, 0.15) is 36.2 Å². The van der Waals surface area contributed by atoms with E-state index in [4.69, 9.17) is 4.74 Å². The predicted molar refractivity (Wildman–Crippen MR) is 81.5 cm³/mol. The van der Waals surface area contributed by atoms with Crippen molar-refractivity contribution in [1.82, 2.24) is 20.0 Å². The van der Waals surface area contributed by atoms with E-state index in [-0.39, 0.29) is 17.9 Å². The van der Waals surface area contributed by atoms with Crippen LogP contribution >= 0.6 is 0 Å². The van der Waals surface area contributed by atoms with Gasteiger partial charge < -0.3 is 14.5 Å². The molecule has 3 fully saturated rings. The SMILES string of the molecule is Cc1[nH]nc(CCC(=O)N2CC[C@@]34OCCN3C(=O)C[C@@H]24)c1C. The number of hydrogen-bond donors (Lipinski definition) is 1. The van der Waals surface area contributed by atoms with Crippen LogP contribution in [0.2, 0.25) is 0 Å². The summed E-state index contributed by atoms with van der Waals surface area (Å²) in [5.41, 5.74) is 2.58. The molecule has 0 aliphatic carbocycles. The molecule has 3 saturated heterocycles. The van der Waals surface area contributed by atoms with Crippen molar-refractivity contribution in [1.29, 1.82) is 0 Å². The molecule has 124 valence electrons. The molecule has 4 rings (SSSR count). The summed E-state index contributed by atoms with van der Waals surface area (Å²) in [5.74, 6) is 0.209. The third kappa shape index (κ3) is 2.02. The van der Waals surface area contributed by atoms with Crippen molar-refractivity contribution < 1.29 is 14.3 Å². The van der Waals surface area contributed by atoms with Gasteiger partial charge >= 0.3 is 0 Å². The first-order valence-electron chi connectivity index (χ1n) is 8.27. The third-order valence-corrected chi connectivity index (χ3v) is 5.65. The minimum absolute atomic E-state index is 0.0945. The molecule has 0 bridgehead atoms. The molecule has 3 aliphatic rings. The largest absolute Gasteiger partial charge is 0.351 e. The van der Waals surface area contributed by atoms with E-state index in [1.165, 1.54) is 0 Å². The van der Waals surface area contributed by atoms with Crippen LogP contribution in [-0.2, 0) is 20.7 Å². The van der Waals surface area contributed by atoms with Crippen molar-refractivity contribution in [2.45, 2.75) is 51.3 Å². The van der Waals surface area contributed by atoms with Gasteiger partial charge in [0, 0.05) is 38.0 Å². The van der Waals surface area contributed by atoms with Crippen LogP contribution in [0.5, 0.6) is 0 Å². The zero-order valence-corrected chi connectivity index (χ0v) is 13.6. The van der Waals surface area contributed by atoms with Gasteiger partial charge in [-0.2, -0.15) is 5.10 Å². The molecular formula is C16H22N4O3. The van der Waals surface area contributed by atoms with Crippen LogP contribution in [0.15, 0.2) is 0 Å². The number of carbonyl (C=O) groups excluding carboxylic acids is 2. The van der Waals surface area contributed by atoms with Gasteiger partial charge in [-0.1, -0.05) is 0 Å². The van der Waals surface area contributed by atoms with Crippen LogP contribution < -0.4 is 0 Å². The van der Waals surface area contributed by atoms with Gasteiger partial charge in [0.25, 0.3) is 0 Å². The summed E-state index contributed by atoms with van der Waals surface area (Å²) in [5, 5.41) is 7.22. The Kier molecular flexibility index (Phi) is 3.23. The van der Waals surface area contributed by atoms with Crippen molar-refractivity contribution in [3.8, 4) is 0 Å². The molecular weight excluding hydrogens is 296 g/mol. The maximum atomic E-state index is 12.7. The lowest BCUT2D eigenvalue weighted by Crippen LogP contribution is -2.48. The number of rotatable bonds is 3. The lowest BCUT2D eigenvalue weighted by Gasteiger charge is -2.31. The van der Waals surface area contributed by atoms with E-state index in [1.807, 2.05) is 23.6 Å². The molecule has 1 aromatic rings. The number of aryl methyl sites for hydroxylation is 2. The average molecular weight is 318 g/mol. The van der Waals surface area contributed by atoms with Crippen molar-refractivity contribution in [2.24, 2.45) is 0 Å². The van der Waals surface area contributed by atoms with Crippen LogP contribution in [-0.4, -0.2) is 63.3 Å². The van der Waals surface area contributed by atoms with E-state index < -0.39 is 5.72 Å². The Hall–Kier alpha value is -1.89. The van der Waals surface area contributed by atoms with E-state index in [0.29, 0.717) is 39.0 Å². The minimum Gasteiger partial charge on any atom is -0.351 e. The highest BCUT2D eigenvalue weighted by Crippen LogP contribution is 2.45. The lowest BCUT2D eigenvalue weighted by atomic mass is 10.1. The van der Waals surface area contributed by atoms with Crippen LogP contribution in [0, 0.1) is 13.8 Å². The second kappa shape index (κ2) is 5.06. The number of hydrogen-bond acceptors (Lipinski definition) is 4. The first-order valence-corrected chi connectivity index (χ1v) is 8.27. The van der Waals surface area contributed by atoms with E-state index >= 15 is 0 Å². The molecule has 3 aliphatic heterocycles. The number of aromatic amines is 1. The number of nitrogens with zero attached hydrogens (tertiary/aromatic N) is 3. The zero-order chi connectivity index (χ0) is 16.2. The van der Waals surface area contributed by atoms with Crippen LogP contribution in [0.4, 0.5) is 0 Å². The standard InChI is InChI=1S/C16H22N4O3/c1-10-11(2)17-18-12(10)3-4-14(21)19-6-5-16-13(19)9-15(22)20(16)7-8-23-16/h13H,3-9H2,1-2H3,(H,17,18)/t13-,16+/m1/s1. The molecule has 4 heterocycles. The molecule has 0 radical (unpaired) electrons. The van der Waals surface area contributed by atoms with Crippen LogP contribution in [0.3, 0.4) is 0 Å². The highest BCUT2D eigenvalue weighted by Gasteiger charge is 2.62. The minimum atomic E-state index is -0.536. The van der Waals surface area contributed by atoms with Gasteiger partial charge in [0.2, 0.25) is 11.8 Å². The fraction of sp³-hybridized carbons (Fsp3) is 0.688. The Bertz CT molecular complexity index is 670. The second-order valence-corrected chi connectivity index (χ2v) is 6.72. The summed E-state index contributed by atoms with van der Waals surface area (Å²) in [6.07, 6.45) is 2.18. The normalized spacial score (nSPS) is 29.3. The molecule has 23 heavy (non-hydrogen) atoms. The first-order chi connectivity index (χ1) is 11.0. The molecule has 2 amide bonds. The van der Waals surface area contributed by atoms with E-state index in [0.717, 1.165) is 23.4 Å². The van der Waals surface area contributed by atoms with Gasteiger partial charge in [-0.3, -0.25) is 14.7 Å². The lowest BCUT2D eigenvalue weighted by molar-refractivity contribution is -0.139. The third-order valence-electron chi connectivity index (χ3n) is 5.65.